The van der Waals surface area contributed by atoms with Gasteiger partial charge in [-0.25, -0.2) is 0 Å². The maximum atomic E-state index is 10.6. The highest BCUT2D eigenvalue weighted by Gasteiger charge is 2.04. The minimum absolute atomic E-state index is 0.0326. The maximum Gasteiger partial charge on any atom is 0.269 e. The van der Waals surface area contributed by atoms with Crippen LogP contribution in [-0.4, -0.2) is 84.2 Å². The van der Waals surface area contributed by atoms with Crippen LogP contribution in [0.3, 0.4) is 0 Å². The number of nitrogens with zero attached hydrogens (tertiary/aromatic N) is 1. The maximum absolute atomic E-state index is 10.6. The Morgan fingerprint density at radius 1 is 0.512 bits per heavy atom. The fourth-order valence-corrected chi connectivity index (χ4v) is 4.12. The van der Waals surface area contributed by atoms with Gasteiger partial charge in [-0.2, -0.15) is 0 Å². The molecule has 0 saturated heterocycles. The smallest absolute Gasteiger partial charge is 0.269 e. The minimum Gasteiger partial charge on any atom is -0.491 e. The van der Waals surface area contributed by atoms with Crippen molar-refractivity contribution in [2.75, 3.05) is 79.3 Å². The van der Waals surface area contributed by atoms with Crippen LogP contribution in [0.2, 0.25) is 0 Å². The number of benzene rings is 2. The van der Waals surface area contributed by atoms with E-state index in [9.17, 15) is 10.1 Å². The summed E-state index contributed by atoms with van der Waals surface area (Å²) in [5, 5.41) is 10.6. The molecule has 10 nitrogen and oxygen atoms in total. The van der Waals surface area contributed by atoms with Crippen LogP contribution < -0.4 is 9.47 Å². The number of hydrogen-bond acceptors (Lipinski definition) is 9. The highest BCUT2D eigenvalue weighted by atomic mass is 16.6. The molecular formula is C33H51NO9. The Balaban J connectivity index is 1.27. The average Bonchev–Trinajstić information content (AvgIpc) is 3.02. The van der Waals surface area contributed by atoms with E-state index in [0.29, 0.717) is 85.0 Å². The van der Waals surface area contributed by atoms with Gasteiger partial charge in [0.1, 0.15) is 24.7 Å². The molecule has 0 spiro atoms. The van der Waals surface area contributed by atoms with Crippen LogP contribution in [0.5, 0.6) is 11.5 Å². The summed E-state index contributed by atoms with van der Waals surface area (Å²) in [4.78, 5) is 10.2. The first-order chi connectivity index (χ1) is 21.2. The summed E-state index contributed by atoms with van der Waals surface area (Å²) in [5.74, 6) is 1.44. The third-order valence-corrected chi connectivity index (χ3v) is 6.52. The zero-order valence-electron chi connectivity index (χ0n) is 25.9. The number of nitro benzene ring substituents is 1. The molecule has 0 atom stereocenters. The molecule has 2 rings (SSSR count). The summed E-state index contributed by atoms with van der Waals surface area (Å²) < 4.78 is 38.7. The Hall–Kier alpha value is -2.76. The highest BCUT2D eigenvalue weighted by molar-refractivity contribution is 5.35. The Morgan fingerprint density at radius 3 is 1.30 bits per heavy atom. The standard InChI is InChI=1S/C33H51NO9/c1-2-3-4-5-6-7-8-9-30-10-14-32(15-11-30)42-28-26-40-24-22-38-20-18-37-19-21-39-23-25-41-27-29-43-33-16-12-31(13-17-33)34(35)36/h10-17H,2-9,18-29H2,1H3. The first-order valence-electron chi connectivity index (χ1n) is 15.7. The molecule has 2 aromatic rings. The lowest BCUT2D eigenvalue weighted by molar-refractivity contribution is -0.384. The van der Waals surface area contributed by atoms with E-state index >= 15 is 0 Å². The molecule has 0 amide bonds. The van der Waals surface area contributed by atoms with Crippen LogP contribution in [0.1, 0.15) is 57.4 Å². The fourth-order valence-electron chi connectivity index (χ4n) is 4.12. The number of ether oxygens (including phenoxy) is 7. The lowest BCUT2D eigenvalue weighted by atomic mass is 10.0. The van der Waals surface area contributed by atoms with E-state index in [1.807, 2.05) is 12.1 Å². The van der Waals surface area contributed by atoms with Crippen molar-refractivity contribution in [2.24, 2.45) is 0 Å². The normalized spacial score (nSPS) is 11.1. The van der Waals surface area contributed by atoms with Gasteiger partial charge in [0, 0.05) is 12.1 Å². The van der Waals surface area contributed by atoms with E-state index in [1.54, 1.807) is 12.1 Å². The molecule has 0 aliphatic heterocycles. The first-order valence-corrected chi connectivity index (χ1v) is 15.7. The molecule has 0 bridgehead atoms. The fraction of sp³-hybridized carbons (Fsp3) is 0.636. The molecule has 2 aromatic carbocycles. The third-order valence-electron chi connectivity index (χ3n) is 6.52. The number of rotatable bonds is 29. The number of non-ortho nitro benzene ring substituents is 1. The van der Waals surface area contributed by atoms with Gasteiger partial charge in [0.05, 0.1) is 71.0 Å². The van der Waals surface area contributed by atoms with E-state index in [4.69, 9.17) is 33.2 Å². The highest BCUT2D eigenvalue weighted by Crippen LogP contribution is 2.17. The predicted octanol–water partition coefficient (Wildman–Crippen LogP) is 6.43. The molecule has 242 valence electrons. The molecule has 0 heterocycles. The van der Waals surface area contributed by atoms with Gasteiger partial charge in [-0.15, -0.1) is 0 Å². The van der Waals surface area contributed by atoms with Gasteiger partial charge < -0.3 is 33.2 Å². The Kier molecular flexibility index (Phi) is 21.8. The van der Waals surface area contributed by atoms with Gasteiger partial charge in [-0.1, -0.05) is 57.6 Å². The van der Waals surface area contributed by atoms with E-state index in [2.05, 4.69) is 19.1 Å². The molecule has 0 aliphatic rings. The molecule has 0 aliphatic carbocycles. The third kappa shape index (κ3) is 19.9. The van der Waals surface area contributed by atoms with Gasteiger partial charge in [0.15, 0.2) is 0 Å². The second-order valence-corrected chi connectivity index (χ2v) is 10.0. The molecule has 0 saturated carbocycles. The average molecular weight is 606 g/mol. The summed E-state index contributed by atoms with van der Waals surface area (Å²) in [6, 6.07) is 14.4. The summed E-state index contributed by atoms with van der Waals surface area (Å²) in [6.07, 6.45) is 10.5. The first kappa shape index (κ1) is 36.4. The van der Waals surface area contributed by atoms with Crippen LogP contribution in [0.15, 0.2) is 48.5 Å². The van der Waals surface area contributed by atoms with E-state index in [1.165, 1.54) is 62.6 Å². The summed E-state index contributed by atoms with van der Waals surface area (Å²) >= 11 is 0. The molecule has 0 unspecified atom stereocenters. The van der Waals surface area contributed by atoms with Crippen LogP contribution in [0, 0.1) is 10.1 Å². The largest absolute Gasteiger partial charge is 0.491 e. The summed E-state index contributed by atoms with van der Waals surface area (Å²) in [5.41, 5.74) is 1.41. The van der Waals surface area contributed by atoms with Crippen molar-refractivity contribution in [3.05, 3.63) is 64.2 Å². The summed E-state index contributed by atoms with van der Waals surface area (Å²) in [6.45, 7) is 7.95. The van der Waals surface area contributed by atoms with E-state index in [-0.39, 0.29) is 5.69 Å². The number of aryl methyl sites for hydroxylation is 1. The lowest BCUT2D eigenvalue weighted by Gasteiger charge is -2.09. The van der Waals surface area contributed by atoms with Gasteiger partial charge in [-0.05, 0) is 42.7 Å². The molecule has 0 fully saturated rings. The van der Waals surface area contributed by atoms with Crippen molar-refractivity contribution in [3.63, 3.8) is 0 Å². The minimum atomic E-state index is -0.445. The van der Waals surface area contributed by atoms with E-state index in [0.717, 1.165) is 12.2 Å². The van der Waals surface area contributed by atoms with Crippen molar-refractivity contribution in [1.82, 2.24) is 0 Å². The van der Waals surface area contributed by atoms with Crippen LogP contribution in [-0.2, 0) is 30.1 Å². The quantitative estimate of drug-likeness (QED) is 0.0589. The van der Waals surface area contributed by atoms with Crippen molar-refractivity contribution in [2.45, 2.75) is 58.3 Å². The molecular weight excluding hydrogens is 554 g/mol. The van der Waals surface area contributed by atoms with Crippen molar-refractivity contribution < 1.29 is 38.1 Å². The molecule has 43 heavy (non-hydrogen) atoms. The molecule has 0 N–H and O–H groups in total. The number of unbranched alkanes of at least 4 members (excludes halogenated alkanes) is 6. The SMILES string of the molecule is CCCCCCCCCc1ccc(OCCOCCOCCOCCOCCOCCOc2ccc([N+](=O)[O-])cc2)cc1. The second-order valence-electron chi connectivity index (χ2n) is 10.0. The van der Waals surface area contributed by atoms with Gasteiger partial charge >= 0.3 is 0 Å². The lowest BCUT2D eigenvalue weighted by Crippen LogP contribution is -2.15. The predicted molar refractivity (Wildman–Crippen MR) is 166 cm³/mol. The summed E-state index contributed by atoms with van der Waals surface area (Å²) in [7, 11) is 0. The van der Waals surface area contributed by atoms with Gasteiger partial charge in [0.2, 0.25) is 0 Å². The second kappa shape index (κ2) is 25.7. The molecule has 10 heteroatoms. The molecule has 0 aromatic heterocycles. The van der Waals surface area contributed by atoms with Crippen LogP contribution in [0.25, 0.3) is 0 Å². The van der Waals surface area contributed by atoms with Gasteiger partial charge in [0.25, 0.3) is 5.69 Å². The zero-order valence-corrected chi connectivity index (χ0v) is 25.9. The van der Waals surface area contributed by atoms with Crippen molar-refractivity contribution in [3.8, 4) is 11.5 Å². The number of nitro groups is 1. The zero-order chi connectivity index (χ0) is 30.6. The van der Waals surface area contributed by atoms with E-state index < -0.39 is 4.92 Å². The van der Waals surface area contributed by atoms with Gasteiger partial charge in [-0.3, -0.25) is 10.1 Å². The Labute approximate surface area is 257 Å². The van der Waals surface area contributed by atoms with Crippen LogP contribution >= 0.6 is 0 Å². The topological polar surface area (TPSA) is 108 Å². The monoisotopic (exact) mass is 605 g/mol. The molecule has 0 radical (unpaired) electrons. The van der Waals surface area contributed by atoms with Crippen LogP contribution in [0.4, 0.5) is 5.69 Å². The van der Waals surface area contributed by atoms with Crippen molar-refractivity contribution in [1.29, 1.82) is 0 Å². The number of hydrogen-bond donors (Lipinski definition) is 0. The van der Waals surface area contributed by atoms with Crippen molar-refractivity contribution >= 4 is 5.69 Å². The Bertz CT molecular complexity index is 925. The Morgan fingerprint density at radius 2 is 0.884 bits per heavy atom.